The Morgan fingerprint density at radius 3 is 2.60 bits per heavy atom. The zero-order valence-corrected chi connectivity index (χ0v) is 12.3. The van der Waals surface area contributed by atoms with Gasteiger partial charge in [-0.1, -0.05) is 29.3 Å². The minimum atomic E-state index is 0.540. The van der Waals surface area contributed by atoms with Crippen LogP contribution in [0.25, 0.3) is 0 Å². The van der Waals surface area contributed by atoms with Gasteiger partial charge in [0, 0.05) is 28.7 Å². The minimum Gasteiger partial charge on any atom is -0.439 e. The van der Waals surface area contributed by atoms with Crippen LogP contribution in [0.5, 0.6) is 11.6 Å². The molecule has 1 aliphatic carbocycles. The van der Waals surface area contributed by atoms with Gasteiger partial charge in [-0.15, -0.1) is 0 Å². The summed E-state index contributed by atoms with van der Waals surface area (Å²) in [6.07, 6.45) is 2.52. The van der Waals surface area contributed by atoms with Crippen LogP contribution in [0.2, 0.25) is 10.0 Å². The van der Waals surface area contributed by atoms with E-state index in [1.54, 1.807) is 18.2 Å². The molecule has 2 aromatic rings. The molecule has 1 aromatic heterocycles. The van der Waals surface area contributed by atoms with Gasteiger partial charge in [0.25, 0.3) is 0 Å². The van der Waals surface area contributed by atoms with Crippen molar-refractivity contribution in [2.75, 3.05) is 0 Å². The maximum atomic E-state index is 5.94. The standard InChI is InChI=1S/C15H14Cl2N2O/c16-10-6-11(17)8-14(7-10)20-15-3-1-2-13(19-15)9-18-12-4-5-12/h1-3,6-8,12,18H,4-5,9H2. The smallest absolute Gasteiger partial charge is 0.219 e. The Balaban J connectivity index is 1.70. The van der Waals surface area contributed by atoms with Gasteiger partial charge in [0.05, 0.1) is 5.69 Å². The second kappa shape index (κ2) is 6.00. The van der Waals surface area contributed by atoms with Gasteiger partial charge < -0.3 is 10.1 Å². The molecular formula is C15H14Cl2N2O. The second-order valence-corrected chi connectivity index (χ2v) is 5.70. The Labute approximate surface area is 127 Å². The number of aromatic nitrogens is 1. The SMILES string of the molecule is Clc1cc(Cl)cc(Oc2cccc(CNC3CC3)n2)c1. The number of pyridine rings is 1. The van der Waals surface area contributed by atoms with Crippen molar-refractivity contribution in [1.82, 2.24) is 10.3 Å². The summed E-state index contributed by atoms with van der Waals surface area (Å²) in [6, 6.07) is 11.5. The normalized spacial score (nSPS) is 14.3. The summed E-state index contributed by atoms with van der Waals surface area (Å²) >= 11 is 11.9. The molecule has 0 amide bonds. The third kappa shape index (κ3) is 3.85. The number of nitrogens with zero attached hydrogens (tertiary/aromatic N) is 1. The number of benzene rings is 1. The van der Waals surface area contributed by atoms with E-state index in [0.717, 1.165) is 12.2 Å². The second-order valence-electron chi connectivity index (χ2n) is 4.83. The monoisotopic (exact) mass is 308 g/mol. The summed E-state index contributed by atoms with van der Waals surface area (Å²) in [4.78, 5) is 4.46. The lowest BCUT2D eigenvalue weighted by atomic mass is 10.3. The van der Waals surface area contributed by atoms with Crippen molar-refractivity contribution in [1.29, 1.82) is 0 Å². The first kappa shape index (κ1) is 13.7. The van der Waals surface area contributed by atoms with E-state index < -0.39 is 0 Å². The van der Waals surface area contributed by atoms with Crippen molar-refractivity contribution in [3.8, 4) is 11.6 Å². The van der Waals surface area contributed by atoms with Crippen LogP contribution in [0, 0.1) is 0 Å². The fraction of sp³-hybridized carbons (Fsp3) is 0.267. The zero-order chi connectivity index (χ0) is 13.9. The molecule has 1 heterocycles. The first-order valence-electron chi connectivity index (χ1n) is 6.52. The summed E-state index contributed by atoms with van der Waals surface area (Å²) in [5, 5.41) is 4.50. The molecule has 1 saturated carbocycles. The van der Waals surface area contributed by atoms with E-state index in [1.807, 2.05) is 18.2 Å². The molecule has 0 saturated heterocycles. The molecular weight excluding hydrogens is 295 g/mol. The molecule has 0 bridgehead atoms. The molecule has 1 aromatic carbocycles. The fourth-order valence-corrected chi connectivity index (χ4v) is 2.36. The number of halogens is 2. The Kier molecular flexibility index (Phi) is 4.10. The highest BCUT2D eigenvalue weighted by Crippen LogP contribution is 2.27. The maximum absolute atomic E-state index is 5.94. The van der Waals surface area contributed by atoms with Crippen LogP contribution >= 0.6 is 23.2 Å². The van der Waals surface area contributed by atoms with E-state index in [2.05, 4.69) is 10.3 Å². The summed E-state index contributed by atoms with van der Waals surface area (Å²) in [7, 11) is 0. The van der Waals surface area contributed by atoms with Crippen molar-refractivity contribution >= 4 is 23.2 Å². The van der Waals surface area contributed by atoms with Crippen molar-refractivity contribution in [3.05, 3.63) is 52.1 Å². The van der Waals surface area contributed by atoms with Crippen LogP contribution in [-0.4, -0.2) is 11.0 Å². The van der Waals surface area contributed by atoms with E-state index in [4.69, 9.17) is 27.9 Å². The fourth-order valence-electron chi connectivity index (χ4n) is 1.86. The van der Waals surface area contributed by atoms with E-state index >= 15 is 0 Å². The minimum absolute atomic E-state index is 0.540. The molecule has 5 heteroatoms. The molecule has 0 aliphatic heterocycles. The summed E-state index contributed by atoms with van der Waals surface area (Å²) in [5.74, 6) is 1.13. The molecule has 0 atom stereocenters. The molecule has 104 valence electrons. The summed E-state index contributed by atoms with van der Waals surface area (Å²) in [6.45, 7) is 0.762. The molecule has 3 rings (SSSR count). The van der Waals surface area contributed by atoms with Crippen LogP contribution in [0.3, 0.4) is 0 Å². The zero-order valence-electron chi connectivity index (χ0n) is 10.8. The average Bonchev–Trinajstić information content (AvgIpc) is 3.19. The lowest BCUT2D eigenvalue weighted by molar-refractivity contribution is 0.459. The van der Waals surface area contributed by atoms with Crippen LogP contribution in [0.4, 0.5) is 0 Å². The predicted molar refractivity (Wildman–Crippen MR) is 80.6 cm³/mol. The van der Waals surface area contributed by atoms with Crippen molar-refractivity contribution in [3.63, 3.8) is 0 Å². The first-order chi connectivity index (χ1) is 9.69. The molecule has 1 aliphatic rings. The largest absolute Gasteiger partial charge is 0.439 e. The van der Waals surface area contributed by atoms with Crippen LogP contribution in [0.15, 0.2) is 36.4 Å². The van der Waals surface area contributed by atoms with Crippen molar-refractivity contribution in [2.45, 2.75) is 25.4 Å². The molecule has 20 heavy (non-hydrogen) atoms. The lowest BCUT2D eigenvalue weighted by Crippen LogP contribution is -2.16. The van der Waals surface area contributed by atoms with E-state index in [1.165, 1.54) is 12.8 Å². The number of rotatable bonds is 5. The van der Waals surface area contributed by atoms with E-state index in [-0.39, 0.29) is 0 Å². The van der Waals surface area contributed by atoms with Gasteiger partial charge in [-0.2, -0.15) is 0 Å². The highest BCUT2D eigenvalue weighted by molar-refractivity contribution is 6.34. The van der Waals surface area contributed by atoms with E-state index in [0.29, 0.717) is 27.7 Å². The van der Waals surface area contributed by atoms with Crippen LogP contribution in [0.1, 0.15) is 18.5 Å². The number of nitrogens with one attached hydrogen (secondary N) is 1. The average molecular weight is 309 g/mol. The van der Waals surface area contributed by atoms with Crippen LogP contribution < -0.4 is 10.1 Å². The Morgan fingerprint density at radius 2 is 1.90 bits per heavy atom. The van der Waals surface area contributed by atoms with Gasteiger partial charge in [-0.3, -0.25) is 0 Å². The third-order valence-corrected chi connectivity index (χ3v) is 3.43. The predicted octanol–water partition coefficient (Wildman–Crippen LogP) is 4.43. The molecule has 1 N–H and O–H groups in total. The molecule has 0 radical (unpaired) electrons. The maximum Gasteiger partial charge on any atom is 0.219 e. The van der Waals surface area contributed by atoms with Gasteiger partial charge in [0.2, 0.25) is 5.88 Å². The topological polar surface area (TPSA) is 34.1 Å². The highest BCUT2D eigenvalue weighted by atomic mass is 35.5. The Morgan fingerprint density at radius 1 is 1.15 bits per heavy atom. The first-order valence-corrected chi connectivity index (χ1v) is 7.28. The lowest BCUT2D eigenvalue weighted by Gasteiger charge is -2.08. The molecule has 1 fully saturated rings. The summed E-state index contributed by atoms with van der Waals surface area (Å²) in [5.41, 5.74) is 0.961. The van der Waals surface area contributed by atoms with E-state index in [9.17, 15) is 0 Å². The highest BCUT2D eigenvalue weighted by Gasteiger charge is 2.20. The molecule has 0 unspecified atom stereocenters. The van der Waals surface area contributed by atoms with Crippen molar-refractivity contribution in [2.24, 2.45) is 0 Å². The van der Waals surface area contributed by atoms with Gasteiger partial charge in [-0.05, 0) is 37.1 Å². The van der Waals surface area contributed by atoms with Gasteiger partial charge in [0.1, 0.15) is 5.75 Å². The van der Waals surface area contributed by atoms with Gasteiger partial charge >= 0.3 is 0 Å². The molecule has 0 spiro atoms. The third-order valence-electron chi connectivity index (χ3n) is 2.99. The van der Waals surface area contributed by atoms with Gasteiger partial charge in [0.15, 0.2) is 0 Å². The molecule has 3 nitrogen and oxygen atoms in total. The number of hydrogen-bond donors (Lipinski definition) is 1. The Bertz CT molecular complexity index is 594. The number of ether oxygens (including phenoxy) is 1. The van der Waals surface area contributed by atoms with Crippen LogP contribution in [-0.2, 0) is 6.54 Å². The summed E-state index contributed by atoms with van der Waals surface area (Å²) < 4.78 is 5.70. The Hall–Kier alpha value is -1.29. The number of hydrogen-bond acceptors (Lipinski definition) is 3. The quantitative estimate of drug-likeness (QED) is 0.887. The van der Waals surface area contributed by atoms with Gasteiger partial charge in [-0.25, -0.2) is 4.98 Å². The van der Waals surface area contributed by atoms with Crippen molar-refractivity contribution < 1.29 is 4.74 Å².